The number of hydrogen-bond acceptors (Lipinski definition) is 35. The van der Waals surface area contributed by atoms with Gasteiger partial charge in [-0.1, -0.05) is 60.2 Å². The van der Waals surface area contributed by atoms with Crippen molar-refractivity contribution in [2.24, 2.45) is 33.7 Å². The van der Waals surface area contributed by atoms with E-state index in [4.69, 9.17) is 101 Å². The number of primary amides is 4. The van der Waals surface area contributed by atoms with Gasteiger partial charge in [0.25, 0.3) is 17.3 Å². The first kappa shape index (κ1) is 131. The van der Waals surface area contributed by atoms with Gasteiger partial charge in [-0.15, -0.1) is 0 Å². The molecule has 7 rings (SSSR count). The molecule has 3 aromatic heterocycles. The van der Waals surface area contributed by atoms with E-state index in [1.54, 1.807) is 137 Å². The van der Waals surface area contributed by atoms with Gasteiger partial charge in [0.05, 0.1) is 66.0 Å². The number of aliphatic imine (C=N–C) groups is 1. The van der Waals surface area contributed by atoms with Crippen LogP contribution in [0.25, 0.3) is 11.0 Å². The van der Waals surface area contributed by atoms with Crippen molar-refractivity contribution >= 4 is 196 Å². The number of ether oxygens (including phenoxy) is 8. The maximum atomic E-state index is 13.1. The second-order valence-electron chi connectivity index (χ2n) is 31.0. The number of alkyl carbamates (subject to hydrolysis) is 4. The molecule has 0 bridgehead atoms. The number of nitrogens with two attached hydrogens (primary N) is 6. The van der Waals surface area contributed by atoms with Gasteiger partial charge in [-0.3, -0.25) is 63.7 Å². The molecule has 0 spiro atoms. The van der Waals surface area contributed by atoms with Crippen LogP contribution in [0.1, 0.15) is 171 Å². The predicted molar refractivity (Wildman–Crippen MR) is 532 cm³/mol. The summed E-state index contributed by atoms with van der Waals surface area (Å²) in [5, 5.41) is 51.3. The molecule has 0 aliphatic carbocycles. The van der Waals surface area contributed by atoms with Crippen LogP contribution in [0.15, 0.2) is 114 Å². The van der Waals surface area contributed by atoms with Crippen LogP contribution >= 0.6 is 23.8 Å². The van der Waals surface area contributed by atoms with Crippen molar-refractivity contribution in [1.82, 2.24) is 56.5 Å². The molecule has 0 atom stereocenters. The number of nitrogens with zero attached hydrogens (tertiary/aromatic N) is 9. The van der Waals surface area contributed by atoms with Crippen molar-refractivity contribution in [2.75, 3.05) is 95.9 Å². The number of nitro groups is 2. The van der Waals surface area contributed by atoms with Gasteiger partial charge in [-0.2, -0.15) is 32.0 Å². The molecule has 10 amide bonds. The van der Waals surface area contributed by atoms with E-state index < -0.39 is 110 Å². The number of nitro benzene ring substituents is 2. The van der Waals surface area contributed by atoms with Crippen molar-refractivity contribution in [2.45, 2.75) is 153 Å². The first-order valence-corrected chi connectivity index (χ1v) is 52.8. The van der Waals surface area contributed by atoms with Crippen LogP contribution in [0, 0.1) is 34.1 Å². The summed E-state index contributed by atoms with van der Waals surface area (Å²) in [5.74, 6) is -2.36. The monoisotopic (exact) mass is 2060 g/mol. The molecule has 762 valence electrons. The number of halogens is 1. The molecule has 0 aliphatic heterocycles. The zero-order valence-electron chi connectivity index (χ0n) is 81.9. The number of allylic oxidation sites excluding steroid dienone is 1. The maximum absolute atomic E-state index is 13.1. The molecule has 7 aromatic rings. The summed E-state index contributed by atoms with van der Waals surface area (Å²) in [4.78, 5) is 144. The zero-order chi connectivity index (χ0) is 106. The fourth-order valence-corrected chi connectivity index (χ4v) is 10.6. The minimum atomic E-state index is -2.95. The standard InChI is InChI=1S/C25H33N7O5.C17H24N4O6.C17H26N4O4.C9H18N2O2.C8H7ClN2O4.C8H9N3OS.H3N.2Na.O4S2.H2O/c1-7-32-18(12-15(2)30-32)22(34)29-23-28-17-13-16(21(26)33)14-19(36-6)20(17)31(23)11-9-8-10-27-24(35)37-25(3,4)5;1-17(2,3)27-16(23)20-8-6-5-7-19-14-12(21(24)25)9-11(15(18)22)10-13(14)26-4;1-17(2,3)25-16(23)21-8-6-5-7-20-14-12(18)9-11(15(19)22)10-13(14)24-4;1-9(2,3)13-8(12)11-7-5-4-6-10;1-15-6-3-4(8(10)12)2-5(7(6)9)11(13)14;1-3-11-7(4-6(2)10-11)8(12)9-5-13;;;;1-5(2)6(3)4;/h8-9,12-14H,7,10-11H2,1-6H3,(H2,26,33)(H,27,35)(H,28,29,34);5-6,9-10,19H,7-8H2,1-4H3,(H2,18,22)(H,20,23);5-6,9-10,20H,7-8,18H2,1-4H3,(H2,19,22)(H,21,23);4-5H,6-7,10H2,1-3H3,(H,11,12);2-3H,1H3,(H2,10,12);4H,3H2,1-2H3;1H3;;;;1H2/b9-8+;2*6-5+;5-4+;;;;;;;. The predicted octanol–water partition coefficient (Wildman–Crippen LogP) is 8.14. The fraction of sp³-hybridized carbons (Fsp3) is 0.405. The Hall–Kier alpha value is -13.2. The average Bonchev–Trinajstić information content (AvgIpc) is 1.63. The number of rotatable bonds is 32. The molecule has 0 saturated carbocycles. The molecular formula is C84H122ClN23Na2O27S3. The Morgan fingerprint density at radius 2 is 0.850 bits per heavy atom. The van der Waals surface area contributed by atoms with Gasteiger partial charge >= 0.3 is 92.4 Å². The third-order valence-corrected chi connectivity index (χ3v) is 17.1. The molecule has 140 heavy (non-hydrogen) atoms. The van der Waals surface area contributed by atoms with E-state index in [0.717, 1.165) is 17.8 Å². The van der Waals surface area contributed by atoms with E-state index in [2.05, 4.69) is 69.6 Å². The van der Waals surface area contributed by atoms with E-state index in [-0.39, 0.29) is 99.8 Å². The number of hydrogen-bond donors (Lipinski definition) is 14. The second kappa shape index (κ2) is 65.7. The van der Waals surface area contributed by atoms with Gasteiger partial charge < -0.3 is 120 Å². The summed E-state index contributed by atoms with van der Waals surface area (Å²) in [5.41, 5.74) is 34.0. The third kappa shape index (κ3) is 51.0. The third-order valence-electron chi connectivity index (χ3n) is 15.7. The summed E-state index contributed by atoms with van der Waals surface area (Å²) in [6.07, 6.45) is 12.1. The summed E-state index contributed by atoms with van der Waals surface area (Å²) >= 11 is 12.9. The van der Waals surface area contributed by atoms with Crippen LogP contribution < -0.4 is 96.7 Å². The number of benzene rings is 4. The van der Waals surface area contributed by atoms with Crippen LogP contribution in [-0.2, 0) is 57.1 Å². The van der Waals surface area contributed by atoms with Gasteiger partial charge in [0.15, 0.2) is 10.7 Å². The van der Waals surface area contributed by atoms with E-state index in [9.17, 15) is 68.2 Å². The van der Waals surface area contributed by atoms with Crippen LogP contribution in [0.4, 0.5) is 53.6 Å². The quantitative estimate of drug-likeness (QED) is 0.00276. The Bertz CT molecular complexity index is 5810. The molecule has 0 aliphatic rings. The Morgan fingerprint density at radius 1 is 0.514 bits per heavy atom. The molecule has 50 nitrogen and oxygen atoms in total. The number of nitrogen functional groups attached to an aromatic ring is 1. The topological polar surface area (TPSA) is 772 Å². The molecule has 3 heterocycles. The van der Waals surface area contributed by atoms with E-state index in [1.165, 1.54) is 102 Å². The molecule has 0 radical (unpaired) electrons. The number of aromatic nitrogens is 6. The number of aryl methyl sites for hydroxylation is 4. The van der Waals surface area contributed by atoms with Crippen LogP contribution in [-0.4, -0.2) is 267 Å². The van der Waals surface area contributed by atoms with Crippen molar-refractivity contribution in [1.29, 1.82) is 0 Å². The molecule has 0 fully saturated rings. The van der Waals surface area contributed by atoms with E-state index >= 15 is 0 Å². The summed E-state index contributed by atoms with van der Waals surface area (Å²) in [7, 11) is -0.337. The first-order valence-electron chi connectivity index (χ1n) is 41.4. The fourth-order valence-electron chi connectivity index (χ4n) is 10.3. The van der Waals surface area contributed by atoms with Crippen molar-refractivity contribution in [3.05, 3.63) is 180 Å². The van der Waals surface area contributed by atoms with Crippen LogP contribution in [0.3, 0.4) is 0 Å². The number of isothiocyanates is 1. The minimum absolute atomic E-state index is 0. The number of anilines is 4. The van der Waals surface area contributed by atoms with Crippen molar-refractivity contribution in [3.63, 3.8) is 0 Å². The number of amides is 10. The van der Waals surface area contributed by atoms with Crippen LogP contribution in [0.2, 0.25) is 5.02 Å². The number of carbonyl (C=O) groups excluding carboxylic acids is 10. The van der Waals surface area contributed by atoms with Gasteiger partial charge in [0.1, 0.15) is 68.0 Å². The normalized spacial score (nSPS) is 10.6. The van der Waals surface area contributed by atoms with E-state index in [0.29, 0.717) is 90.3 Å². The van der Waals surface area contributed by atoms with Crippen molar-refractivity contribution in [3.8, 4) is 23.0 Å². The molecular weight excluding hydrogens is 1940 g/mol. The summed E-state index contributed by atoms with van der Waals surface area (Å²) in [6, 6.07) is 14.1. The molecule has 0 unspecified atom stereocenters. The molecule has 4 aromatic carbocycles. The van der Waals surface area contributed by atoms with Crippen LogP contribution in [0.5, 0.6) is 23.0 Å². The average molecular weight is 2060 g/mol. The zero-order valence-corrected chi connectivity index (χ0v) is 89.1. The van der Waals surface area contributed by atoms with Gasteiger partial charge in [-0.25, -0.2) is 24.2 Å². The Morgan fingerprint density at radius 3 is 1.21 bits per heavy atom. The molecule has 0 saturated heterocycles. The van der Waals surface area contributed by atoms with Gasteiger partial charge in [0, 0.05) is 99.8 Å². The Balaban J connectivity index is -0.00000164. The molecule has 24 N–H and O–H groups in total. The van der Waals surface area contributed by atoms with E-state index in [1.807, 2.05) is 59.7 Å². The summed E-state index contributed by atoms with van der Waals surface area (Å²) < 4.78 is 82.3. The number of carbonyl (C=O) groups is 10. The van der Waals surface area contributed by atoms with Crippen molar-refractivity contribution < 1.29 is 118 Å². The number of fused-ring (bicyclic) bond motifs is 1. The molecule has 56 heteroatoms. The number of methoxy groups -OCH3 is 4. The number of nitrogens with one attached hydrogen (secondary N) is 7. The number of imidazole rings is 1. The first-order chi connectivity index (χ1) is 64.4. The summed E-state index contributed by atoms with van der Waals surface area (Å²) in [6.45, 7) is 32.8. The van der Waals surface area contributed by atoms with Gasteiger partial charge in [0.2, 0.25) is 29.6 Å². The number of thiocarbonyl (C=S) groups is 1. The van der Waals surface area contributed by atoms with Gasteiger partial charge in [-0.05, 0) is 172 Å². The Kier molecular flexibility index (Phi) is 61.4. The SMILES string of the molecule is CC(C)(C)OC(=O)NC/C=C/CN.CCn1nc(C)cc1C(=O)N=C=S.CCn1nc(C)cc1C(=O)Nc1nc2cc(C(N)=O)cc(OC)c2n1C/C=C/CNC(=O)OC(C)(C)C.COc1cc(C(N)=O)cc(N)c1NC/C=C/CNC(=O)OC(C)(C)C.COc1cc(C(N)=O)cc([N+](=O)[O-])c1Cl.COc1cc(C(N)=O)cc([N+](=O)[O-])c1NC/C=C/CNC(=O)OC(C)(C)C.N.O.O=S(=O)=S(=O)=O.[Na][Na]. The Labute approximate surface area is 849 Å². The second-order valence-corrected chi connectivity index (χ2v) is 34.1.